The molecule has 3 nitrogen and oxygen atoms in total. The predicted octanol–water partition coefficient (Wildman–Crippen LogP) is 12.8. The largest absolute Gasteiger partial charge is 0.420 e. The van der Waals surface area contributed by atoms with E-state index in [0.29, 0.717) is 32.8 Å². The minimum atomic E-state index is -5.07. The van der Waals surface area contributed by atoms with Crippen LogP contribution >= 0.6 is 0 Å². The molecule has 2 aromatic heterocycles. The van der Waals surface area contributed by atoms with E-state index in [1.54, 1.807) is 65.2 Å². The Kier molecular flexibility index (Phi) is 6.88. The lowest BCUT2D eigenvalue weighted by Crippen LogP contribution is -2.17. The minimum absolute atomic E-state index is 0.250. The third-order valence-corrected chi connectivity index (χ3v) is 9.45. The van der Waals surface area contributed by atoms with Gasteiger partial charge in [-0.05, 0) is 60.9 Å². The molecule has 0 aliphatic carbocycles. The molecule has 0 unspecified atom stereocenters. The lowest BCUT2D eigenvalue weighted by Gasteiger charge is -2.26. The summed E-state index contributed by atoms with van der Waals surface area (Å²) in [5, 5.41) is 2.83. The Morgan fingerprint density at radius 1 is 0.540 bits per heavy atom. The zero-order valence-corrected chi connectivity index (χ0v) is 26.6. The summed E-state index contributed by atoms with van der Waals surface area (Å²) >= 11 is 0. The number of para-hydroxylation sites is 2. The highest BCUT2D eigenvalue weighted by molar-refractivity contribution is 6.13. The van der Waals surface area contributed by atoms with Crippen LogP contribution in [-0.2, 0) is 12.4 Å². The fourth-order valence-electron chi connectivity index (χ4n) is 7.53. The number of alkyl halides is 6. The molecule has 0 aliphatic heterocycles. The van der Waals surface area contributed by atoms with Crippen LogP contribution < -0.4 is 0 Å². The summed E-state index contributed by atoms with van der Waals surface area (Å²) < 4.78 is 95.7. The molecule has 0 fully saturated rings. The van der Waals surface area contributed by atoms with Crippen molar-refractivity contribution in [1.29, 1.82) is 0 Å². The summed E-state index contributed by atoms with van der Waals surface area (Å²) in [7, 11) is 0. The zero-order chi connectivity index (χ0) is 35.1. The maximum absolute atomic E-state index is 16.2. The lowest BCUT2D eigenvalue weighted by atomic mass is 9.92. The van der Waals surface area contributed by atoms with Gasteiger partial charge in [0.15, 0.2) is 5.69 Å². The molecule has 0 N–H and O–H groups in total. The van der Waals surface area contributed by atoms with E-state index in [1.807, 2.05) is 38.1 Å². The van der Waals surface area contributed by atoms with E-state index in [-0.39, 0.29) is 11.3 Å². The van der Waals surface area contributed by atoms with Gasteiger partial charge in [-0.3, -0.25) is 0 Å². The van der Waals surface area contributed by atoms with E-state index in [4.69, 9.17) is 6.57 Å². The summed E-state index contributed by atoms with van der Waals surface area (Å²) in [6.45, 7) is 11.6. The number of aromatic nitrogens is 2. The number of hydrogen-bond donors (Lipinski definition) is 0. The third-order valence-electron chi connectivity index (χ3n) is 9.45. The van der Waals surface area contributed by atoms with Gasteiger partial charge in [-0.2, -0.15) is 26.3 Å². The van der Waals surface area contributed by atoms with Gasteiger partial charge in [0.25, 0.3) is 0 Å². The number of rotatable bonds is 3. The molecule has 8 rings (SSSR count). The second-order valence-electron chi connectivity index (χ2n) is 12.3. The van der Waals surface area contributed by atoms with E-state index < -0.39 is 40.4 Å². The van der Waals surface area contributed by atoms with Crippen LogP contribution in [0.25, 0.3) is 71.0 Å². The molecule has 0 saturated heterocycles. The monoisotopic (exact) mass is 673 g/mol. The second-order valence-corrected chi connectivity index (χ2v) is 12.3. The molecule has 8 aromatic rings. The number of hydrogen-bond acceptors (Lipinski definition) is 0. The van der Waals surface area contributed by atoms with E-state index in [1.165, 1.54) is 22.8 Å². The molecule has 0 bridgehead atoms. The highest BCUT2D eigenvalue weighted by Crippen LogP contribution is 2.51. The molecule has 0 aliphatic rings. The summed E-state index contributed by atoms with van der Waals surface area (Å²) in [5.74, 6) is 0. The molecule has 0 radical (unpaired) electrons. The van der Waals surface area contributed by atoms with Crippen molar-refractivity contribution in [1.82, 2.24) is 9.13 Å². The van der Waals surface area contributed by atoms with Crippen molar-refractivity contribution >= 4 is 49.3 Å². The number of benzene rings is 6. The first-order valence-electron chi connectivity index (χ1n) is 15.7. The Balaban J connectivity index is 1.67. The van der Waals surface area contributed by atoms with Gasteiger partial charge in [-0.25, -0.2) is 4.85 Å². The number of halogens is 6. The van der Waals surface area contributed by atoms with Gasteiger partial charge < -0.3 is 9.13 Å². The summed E-state index contributed by atoms with van der Waals surface area (Å²) in [4.78, 5) is 3.39. The van der Waals surface area contributed by atoms with Crippen molar-refractivity contribution in [3.05, 3.63) is 149 Å². The standard InChI is InChI=1S/C41H25F6N3/c1-23-11-8-19-32-35(23)25-13-4-6-17-30(25)49(32)34-22-21-27(37-28(40(42,43)44)15-10-16-29(37)48-3)39(38(34)41(45,46)47)50-31-18-7-5-14-26(31)36-24(2)12-9-20-33(36)50/h4-22H,1-2H3. The normalized spacial score (nSPS) is 12.4. The van der Waals surface area contributed by atoms with Crippen LogP contribution in [0.1, 0.15) is 22.3 Å². The van der Waals surface area contributed by atoms with Crippen molar-refractivity contribution < 1.29 is 26.3 Å². The fraction of sp³-hybridized carbons (Fsp3) is 0.0976. The highest BCUT2D eigenvalue weighted by atomic mass is 19.4. The minimum Gasteiger partial charge on any atom is -0.309 e. The Morgan fingerprint density at radius 3 is 1.62 bits per heavy atom. The fourth-order valence-corrected chi connectivity index (χ4v) is 7.53. The van der Waals surface area contributed by atoms with E-state index in [2.05, 4.69) is 4.85 Å². The third kappa shape index (κ3) is 4.52. The molecule has 0 amide bonds. The van der Waals surface area contributed by atoms with Crippen molar-refractivity contribution in [2.75, 3.05) is 0 Å². The predicted molar refractivity (Wildman–Crippen MR) is 186 cm³/mol. The Hall–Kier alpha value is -6.01. The summed E-state index contributed by atoms with van der Waals surface area (Å²) in [5.41, 5.74) is -0.995. The topological polar surface area (TPSA) is 14.2 Å². The average molecular weight is 674 g/mol. The lowest BCUT2D eigenvalue weighted by molar-refractivity contribution is -0.137. The Bertz CT molecular complexity index is 2720. The number of fused-ring (bicyclic) bond motifs is 6. The molecular weight excluding hydrogens is 648 g/mol. The summed E-state index contributed by atoms with van der Waals surface area (Å²) in [6, 6.07) is 30.3. The average Bonchev–Trinajstić information content (AvgIpc) is 3.61. The van der Waals surface area contributed by atoms with Crippen LogP contribution in [0, 0.1) is 20.4 Å². The quantitative estimate of drug-likeness (QED) is 0.131. The number of aryl methyl sites for hydroxylation is 2. The van der Waals surface area contributed by atoms with Crippen LogP contribution in [0.3, 0.4) is 0 Å². The zero-order valence-electron chi connectivity index (χ0n) is 26.6. The molecular formula is C41H25F6N3. The van der Waals surface area contributed by atoms with Crippen LogP contribution in [0.2, 0.25) is 0 Å². The molecule has 0 spiro atoms. The molecule has 50 heavy (non-hydrogen) atoms. The SMILES string of the molecule is [C-]#[N+]c1cccc(C(F)(F)F)c1-c1ccc(-n2c3ccccc3c3c(C)cccc32)c(C(F)(F)F)c1-n1c2ccccc2c2c(C)cccc21. The van der Waals surface area contributed by atoms with Gasteiger partial charge in [-0.1, -0.05) is 84.9 Å². The molecule has 0 saturated carbocycles. The number of nitrogens with zero attached hydrogens (tertiary/aromatic N) is 3. The first-order chi connectivity index (χ1) is 23.9. The van der Waals surface area contributed by atoms with E-state index >= 15 is 13.2 Å². The molecule has 246 valence electrons. The van der Waals surface area contributed by atoms with Gasteiger partial charge in [-0.15, -0.1) is 0 Å². The van der Waals surface area contributed by atoms with Crippen molar-refractivity contribution in [2.24, 2.45) is 0 Å². The van der Waals surface area contributed by atoms with Crippen molar-refractivity contribution in [2.45, 2.75) is 26.2 Å². The molecule has 0 atom stereocenters. The first kappa shape index (κ1) is 31.3. The maximum Gasteiger partial charge on any atom is 0.420 e. The molecule has 9 heteroatoms. The van der Waals surface area contributed by atoms with Crippen LogP contribution in [-0.4, -0.2) is 9.13 Å². The molecule has 6 aromatic carbocycles. The van der Waals surface area contributed by atoms with E-state index in [9.17, 15) is 13.2 Å². The highest BCUT2D eigenvalue weighted by Gasteiger charge is 2.42. The molecule has 2 heterocycles. The van der Waals surface area contributed by atoms with Gasteiger partial charge in [0, 0.05) is 27.1 Å². The smallest absolute Gasteiger partial charge is 0.309 e. The second kappa shape index (κ2) is 11.0. The Labute approximate surface area is 282 Å². The Morgan fingerprint density at radius 2 is 1.06 bits per heavy atom. The van der Waals surface area contributed by atoms with Gasteiger partial charge in [0.2, 0.25) is 0 Å². The van der Waals surface area contributed by atoms with Crippen LogP contribution in [0.15, 0.2) is 115 Å². The van der Waals surface area contributed by atoms with Crippen LogP contribution in [0.5, 0.6) is 0 Å². The van der Waals surface area contributed by atoms with Gasteiger partial charge in [0.05, 0.1) is 45.6 Å². The van der Waals surface area contributed by atoms with Crippen molar-refractivity contribution in [3.63, 3.8) is 0 Å². The summed E-state index contributed by atoms with van der Waals surface area (Å²) in [6.07, 6.45) is -10.0. The van der Waals surface area contributed by atoms with Crippen molar-refractivity contribution in [3.8, 4) is 22.5 Å². The van der Waals surface area contributed by atoms with Gasteiger partial charge in [0.1, 0.15) is 5.56 Å². The van der Waals surface area contributed by atoms with Gasteiger partial charge >= 0.3 is 12.4 Å². The van der Waals surface area contributed by atoms with Crippen LogP contribution in [0.4, 0.5) is 32.0 Å². The van der Waals surface area contributed by atoms with E-state index in [0.717, 1.165) is 34.0 Å². The maximum atomic E-state index is 16.2. The first-order valence-corrected chi connectivity index (χ1v) is 15.7.